The number of hydrogen-bond acceptors (Lipinski definition) is 7. The predicted molar refractivity (Wildman–Crippen MR) is 130 cm³/mol. The summed E-state index contributed by atoms with van der Waals surface area (Å²) in [6.45, 7) is 0.822. The van der Waals surface area contributed by atoms with Crippen molar-refractivity contribution in [2.75, 3.05) is 23.4 Å². The molecule has 6 rings (SSSR count). The molecule has 3 aliphatic rings. The standard InChI is InChI=1S/C25H26N4O4S/c30-22(15-6-7-15)28-24-27-19-9-8-16(13-21(19)34-24)17-12-20-23(26-14-17)32-11-10-29(20)25(31)33-18-4-2-1-3-5-18/h8-9,12-15,18H,1-7,10-11H2,(H,27,28,30). The van der Waals surface area contributed by atoms with Gasteiger partial charge >= 0.3 is 6.09 Å². The highest BCUT2D eigenvalue weighted by Gasteiger charge is 2.31. The Kier molecular flexibility index (Phi) is 5.57. The molecule has 1 aromatic carbocycles. The number of amides is 2. The Morgan fingerprint density at radius 3 is 2.76 bits per heavy atom. The number of anilines is 2. The molecule has 0 unspecified atom stereocenters. The van der Waals surface area contributed by atoms with Gasteiger partial charge in [-0.1, -0.05) is 23.8 Å². The quantitative estimate of drug-likeness (QED) is 0.541. The van der Waals surface area contributed by atoms with Gasteiger partial charge in [-0.15, -0.1) is 0 Å². The van der Waals surface area contributed by atoms with E-state index in [1.165, 1.54) is 17.8 Å². The monoisotopic (exact) mass is 478 g/mol. The Labute approximate surface area is 201 Å². The van der Waals surface area contributed by atoms with E-state index in [-0.39, 0.29) is 24.0 Å². The zero-order chi connectivity index (χ0) is 23.1. The van der Waals surface area contributed by atoms with Gasteiger partial charge in [0.2, 0.25) is 11.8 Å². The van der Waals surface area contributed by atoms with Gasteiger partial charge in [0.1, 0.15) is 18.4 Å². The van der Waals surface area contributed by atoms with E-state index >= 15 is 0 Å². The molecule has 34 heavy (non-hydrogen) atoms. The molecule has 0 atom stereocenters. The number of fused-ring (bicyclic) bond motifs is 2. The highest BCUT2D eigenvalue weighted by atomic mass is 32.1. The molecule has 1 aliphatic heterocycles. The van der Waals surface area contributed by atoms with Crippen LogP contribution in [0, 0.1) is 5.92 Å². The average molecular weight is 479 g/mol. The molecule has 2 fully saturated rings. The van der Waals surface area contributed by atoms with Gasteiger partial charge in [-0.05, 0) is 62.3 Å². The molecule has 176 valence electrons. The third kappa shape index (κ3) is 4.32. The van der Waals surface area contributed by atoms with E-state index in [9.17, 15) is 9.59 Å². The number of nitrogens with one attached hydrogen (secondary N) is 1. The van der Waals surface area contributed by atoms with Crippen LogP contribution < -0.4 is 15.0 Å². The fourth-order valence-corrected chi connectivity index (χ4v) is 5.45. The molecule has 2 amide bonds. The van der Waals surface area contributed by atoms with Crippen LogP contribution in [-0.4, -0.2) is 41.2 Å². The van der Waals surface area contributed by atoms with Crippen molar-refractivity contribution in [1.29, 1.82) is 0 Å². The van der Waals surface area contributed by atoms with Crippen molar-refractivity contribution in [3.05, 3.63) is 30.5 Å². The van der Waals surface area contributed by atoms with Crippen LogP contribution in [0.4, 0.5) is 15.6 Å². The minimum atomic E-state index is -0.329. The number of rotatable bonds is 4. The van der Waals surface area contributed by atoms with Crippen LogP contribution >= 0.6 is 11.3 Å². The molecule has 9 heteroatoms. The molecule has 0 saturated heterocycles. The minimum Gasteiger partial charge on any atom is -0.474 e. The molecular formula is C25H26N4O4S. The van der Waals surface area contributed by atoms with E-state index in [1.54, 1.807) is 11.1 Å². The van der Waals surface area contributed by atoms with Gasteiger partial charge in [0.15, 0.2) is 5.13 Å². The molecule has 0 spiro atoms. The molecule has 2 aromatic heterocycles. The second-order valence-electron chi connectivity index (χ2n) is 9.16. The third-order valence-corrected chi connectivity index (χ3v) is 7.55. The lowest BCUT2D eigenvalue weighted by Crippen LogP contribution is -2.40. The molecule has 2 aliphatic carbocycles. The van der Waals surface area contributed by atoms with E-state index in [1.807, 2.05) is 24.3 Å². The number of hydrogen-bond donors (Lipinski definition) is 1. The highest BCUT2D eigenvalue weighted by Crippen LogP contribution is 2.37. The predicted octanol–water partition coefficient (Wildman–Crippen LogP) is 5.37. The van der Waals surface area contributed by atoms with Gasteiger partial charge in [0, 0.05) is 17.7 Å². The molecule has 2 saturated carbocycles. The first kappa shape index (κ1) is 21.3. The second-order valence-corrected chi connectivity index (χ2v) is 10.2. The Balaban J connectivity index is 1.25. The van der Waals surface area contributed by atoms with Gasteiger partial charge in [-0.2, -0.15) is 0 Å². The van der Waals surface area contributed by atoms with Crippen molar-refractivity contribution in [1.82, 2.24) is 9.97 Å². The first-order valence-corrected chi connectivity index (χ1v) is 12.8. The van der Waals surface area contributed by atoms with Gasteiger partial charge in [-0.3, -0.25) is 9.69 Å². The van der Waals surface area contributed by atoms with Crippen molar-refractivity contribution in [3.8, 4) is 17.0 Å². The summed E-state index contributed by atoms with van der Waals surface area (Å²) in [5.41, 5.74) is 3.30. The Bertz CT molecular complexity index is 1250. The van der Waals surface area contributed by atoms with Crippen molar-refractivity contribution >= 4 is 44.4 Å². The summed E-state index contributed by atoms with van der Waals surface area (Å²) in [6.07, 6.45) is 8.62. The Morgan fingerprint density at radius 2 is 1.94 bits per heavy atom. The summed E-state index contributed by atoms with van der Waals surface area (Å²) >= 11 is 1.46. The van der Waals surface area contributed by atoms with E-state index in [4.69, 9.17) is 9.47 Å². The first-order valence-electron chi connectivity index (χ1n) is 12.0. The number of aromatic nitrogens is 2. The summed E-state index contributed by atoms with van der Waals surface area (Å²) in [5.74, 6) is 0.636. The van der Waals surface area contributed by atoms with Crippen LogP contribution in [-0.2, 0) is 9.53 Å². The summed E-state index contributed by atoms with van der Waals surface area (Å²) < 4.78 is 12.5. The van der Waals surface area contributed by atoms with E-state index < -0.39 is 0 Å². The fourth-order valence-electron chi connectivity index (χ4n) is 4.55. The molecular weight excluding hydrogens is 452 g/mol. The van der Waals surface area contributed by atoms with E-state index in [2.05, 4.69) is 15.3 Å². The zero-order valence-corrected chi connectivity index (χ0v) is 19.6. The summed E-state index contributed by atoms with van der Waals surface area (Å²) in [6, 6.07) is 7.89. The van der Waals surface area contributed by atoms with Crippen LogP contribution in [0.2, 0.25) is 0 Å². The van der Waals surface area contributed by atoms with Crippen LogP contribution in [0.3, 0.4) is 0 Å². The van der Waals surface area contributed by atoms with E-state index in [0.717, 1.165) is 59.9 Å². The fraction of sp³-hybridized carbons (Fsp3) is 0.440. The lowest BCUT2D eigenvalue weighted by atomic mass is 9.98. The maximum atomic E-state index is 13.0. The van der Waals surface area contributed by atoms with Crippen LogP contribution in [0.15, 0.2) is 30.5 Å². The molecule has 0 radical (unpaired) electrons. The smallest absolute Gasteiger partial charge is 0.414 e. The number of pyridine rings is 1. The Hall–Kier alpha value is -3.20. The van der Waals surface area contributed by atoms with Crippen molar-refractivity contribution < 1.29 is 19.1 Å². The summed E-state index contributed by atoms with van der Waals surface area (Å²) in [7, 11) is 0. The average Bonchev–Trinajstić information content (AvgIpc) is 3.64. The maximum absolute atomic E-state index is 13.0. The normalized spacial score (nSPS) is 18.3. The summed E-state index contributed by atoms with van der Waals surface area (Å²) in [4.78, 5) is 35.7. The van der Waals surface area contributed by atoms with Crippen molar-refractivity contribution in [2.24, 2.45) is 5.92 Å². The van der Waals surface area contributed by atoms with Crippen molar-refractivity contribution in [2.45, 2.75) is 51.0 Å². The number of thiazole rings is 1. The lowest BCUT2D eigenvalue weighted by Gasteiger charge is -2.31. The molecule has 8 nitrogen and oxygen atoms in total. The molecule has 3 heterocycles. The second kappa shape index (κ2) is 8.87. The van der Waals surface area contributed by atoms with Crippen molar-refractivity contribution in [3.63, 3.8) is 0 Å². The highest BCUT2D eigenvalue weighted by molar-refractivity contribution is 7.22. The molecule has 3 aromatic rings. The van der Waals surface area contributed by atoms with Crippen LogP contribution in [0.1, 0.15) is 44.9 Å². The van der Waals surface area contributed by atoms with Crippen LogP contribution in [0.25, 0.3) is 21.3 Å². The number of nitrogens with zero attached hydrogens (tertiary/aromatic N) is 3. The van der Waals surface area contributed by atoms with Gasteiger partial charge in [0.05, 0.1) is 16.8 Å². The third-order valence-electron chi connectivity index (χ3n) is 6.62. The largest absolute Gasteiger partial charge is 0.474 e. The van der Waals surface area contributed by atoms with E-state index in [0.29, 0.717) is 29.9 Å². The topological polar surface area (TPSA) is 93.7 Å². The van der Waals surface area contributed by atoms with Gasteiger partial charge in [-0.25, -0.2) is 14.8 Å². The van der Waals surface area contributed by atoms with Crippen LogP contribution in [0.5, 0.6) is 5.88 Å². The molecule has 1 N–H and O–H groups in total. The number of carbonyl (C=O) groups is 2. The zero-order valence-electron chi connectivity index (χ0n) is 18.8. The maximum Gasteiger partial charge on any atom is 0.414 e. The number of benzene rings is 1. The van der Waals surface area contributed by atoms with Gasteiger partial charge in [0.25, 0.3) is 0 Å². The Morgan fingerprint density at radius 1 is 1.09 bits per heavy atom. The first-order chi connectivity index (χ1) is 16.6. The molecule has 0 bridgehead atoms. The van der Waals surface area contributed by atoms with Gasteiger partial charge < -0.3 is 14.8 Å². The SMILES string of the molecule is O=C(Nc1nc2ccc(-c3cnc4c(c3)N(C(=O)OC3CCCCC3)CCO4)cc2s1)C1CC1. The lowest BCUT2D eigenvalue weighted by molar-refractivity contribution is -0.117. The number of ether oxygens (including phenoxy) is 2. The summed E-state index contributed by atoms with van der Waals surface area (Å²) in [5, 5.41) is 3.55. The number of carbonyl (C=O) groups excluding carboxylic acids is 2. The minimum absolute atomic E-state index is 0.00739.